The van der Waals surface area contributed by atoms with Crippen LogP contribution in [0.5, 0.6) is 0 Å². The number of likely N-dealkylation sites (N-methyl/N-ethyl adjacent to an activating group) is 1. The topological polar surface area (TPSA) is 79.3 Å². The molecule has 0 unspecified atom stereocenters. The molecule has 7 heteroatoms. The molecule has 25 heavy (non-hydrogen) atoms. The molecule has 132 valence electrons. The van der Waals surface area contributed by atoms with Gasteiger partial charge in [-0.2, -0.15) is 0 Å². The van der Waals surface area contributed by atoms with E-state index in [1.807, 2.05) is 29.0 Å². The van der Waals surface area contributed by atoms with Crippen LogP contribution in [0.2, 0.25) is 0 Å². The van der Waals surface area contributed by atoms with E-state index in [1.165, 1.54) is 5.56 Å². The smallest absolute Gasteiger partial charge is 0.315 e. The van der Waals surface area contributed by atoms with Gasteiger partial charge in [0.05, 0.1) is 6.54 Å². The SMILES string of the molecule is CN1CC[C@H](NC(=O)NCc2nccn2CCc2ccccc2)C1=O. The van der Waals surface area contributed by atoms with Crippen molar-refractivity contribution in [2.45, 2.75) is 32.0 Å². The number of carbonyl (C=O) groups is 2. The van der Waals surface area contributed by atoms with Gasteiger partial charge in [-0.3, -0.25) is 4.79 Å². The van der Waals surface area contributed by atoms with Gasteiger partial charge in [0.15, 0.2) is 0 Å². The number of amides is 3. The quantitative estimate of drug-likeness (QED) is 0.827. The van der Waals surface area contributed by atoms with Crippen LogP contribution in [-0.2, 0) is 24.3 Å². The van der Waals surface area contributed by atoms with E-state index in [0.29, 0.717) is 19.5 Å². The molecule has 0 bridgehead atoms. The van der Waals surface area contributed by atoms with Crippen molar-refractivity contribution < 1.29 is 9.59 Å². The van der Waals surface area contributed by atoms with Crippen molar-refractivity contribution in [2.24, 2.45) is 0 Å². The number of hydrogen-bond acceptors (Lipinski definition) is 3. The molecule has 7 nitrogen and oxygen atoms in total. The van der Waals surface area contributed by atoms with E-state index in [1.54, 1.807) is 18.1 Å². The number of nitrogens with zero attached hydrogens (tertiary/aromatic N) is 3. The lowest BCUT2D eigenvalue weighted by Crippen LogP contribution is -2.45. The summed E-state index contributed by atoms with van der Waals surface area (Å²) in [6.45, 7) is 1.80. The molecular weight excluding hydrogens is 318 g/mol. The van der Waals surface area contributed by atoms with E-state index in [0.717, 1.165) is 18.8 Å². The molecule has 0 aliphatic carbocycles. The molecule has 0 saturated carbocycles. The van der Waals surface area contributed by atoms with Crippen LogP contribution in [-0.4, -0.2) is 46.0 Å². The van der Waals surface area contributed by atoms with Crippen LogP contribution >= 0.6 is 0 Å². The average Bonchev–Trinajstić information content (AvgIpc) is 3.20. The van der Waals surface area contributed by atoms with Crippen LogP contribution in [0, 0.1) is 0 Å². The maximum Gasteiger partial charge on any atom is 0.315 e. The first-order chi connectivity index (χ1) is 12.1. The molecule has 1 saturated heterocycles. The van der Waals surface area contributed by atoms with Gasteiger partial charge in [0.2, 0.25) is 5.91 Å². The molecule has 2 aromatic rings. The van der Waals surface area contributed by atoms with Crippen LogP contribution < -0.4 is 10.6 Å². The predicted molar refractivity (Wildman–Crippen MR) is 93.8 cm³/mol. The Kier molecular flexibility index (Phi) is 5.33. The Morgan fingerprint density at radius 3 is 2.84 bits per heavy atom. The zero-order valence-electron chi connectivity index (χ0n) is 14.3. The highest BCUT2D eigenvalue weighted by Gasteiger charge is 2.30. The van der Waals surface area contributed by atoms with Crippen LogP contribution in [0.25, 0.3) is 0 Å². The van der Waals surface area contributed by atoms with E-state index < -0.39 is 6.04 Å². The van der Waals surface area contributed by atoms with E-state index in [-0.39, 0.29) is 11.9 Å². The third-order valence-electron chi connectivity index (χ3n) is 4.43. The molecule has 2 heterocycles. The summed E-state index contributed by atoms with van der Waals surface area (Å²) in [6.07, 6.45) is 5.19. The number of rotatable bonds is 6. The second-order valence-corrected chi connectivity index (χ2v) is 6.20. The number of hydrogen-bond donors (Lipinski definition) is 2. The van der Waals surface area contributed by atoms with Crippen molar-refractivity contribution in [3.05, 3.63) is 54.1 Å². The van der Waals surface area contributed by atoms with Crippen molar-refractivity contribution in [3.8, 4) is 0 Å². The zero-order chi connectivity index (χ0) is 17.6. The molecule has 0 spiro atoms. The summed E-state index contributed by atoms with van der Waals surface area (Å²) in [7, 11) is 1.74. The number of aryl methyl sites for hydroxylation is 2. The monoisotopic (exact) mass is 341 g/mol. The number of aromatic nitrogens is 2. The van der Waals surface area contributed by atoms with Gasteiger partial charge in [0, 0.05) is 32.5 Å². The third kappa shape index (κ3) is 4.37. The highest BCUT2D eigenvalue weighted by Crippen LogP contribution is 2.08. The predicted octanol–water partition coefficient (Wildman–Crippen LogP) is 1.16. The Labute approximate surface area is 147 Å². The highest BCUT2D eigenvalue weighted by molar-refractivity contribution is 5.88. The Morgan fingerprint density at radius 2 is 2.12 bits per heavy atom. The fourth-order valence-electron chi connectivity index (χ4n) is 2.93. The van der Waals surface area contributed by atoms with Gasteiger partial charge in [-0.25, -0.2) is 9.78 Å². The molecule has 0 radical (unpaired) electrons. The Bertz CT molecular complexity index is 728. The summed E-state index contributed by atoms with van der Waals surface area (Å²) in [5, 5.41) is 5.50. The van der Waals surface area contributed by atoms with Crippen molar-refractivity contribution in [1.29, 1.82) is 0 Å². The number of benzene rings is 1. The summed E-state index contributed by atoms with van der Waals surface area (Å²) in [6, 6.07) is 9.47. The number of carbonyl (C=O) groups excluding carboxylic acids is 2. The van der Waals surface area contributed by atoms with Gasteiger partial charge >= 0.3 is 6.03 Å². The van der Waals surface area contributed by atoms with Crippen molar-refractivity contribution in [1.82, 2.24) is 25.1 Å². The van der Waals surface area contributed by atoms with E-state index in [9.17, 15) is 9.59 Å². The van der Waals surface area contributed by atoms with Crippen LogP contribution in [0.1, 0.15) is 17.8 Å². The molecule has 3 amide bonds. The molecule has 1 aliphatic rings. The molecule has 1 fully saturated rings. The summed E-state index contributed by atoms with van der Waals surface area (Å²) in [5.74, 6) is 0.750. The minimum Gasteiger partial charge on any atom is -0.344 e. The molecule has 1 aromatic heterocycles. The Hall–Kier alpha value is -2.83. The standard InChI is InChI=1S/C18H23N5O2/c1-22-10-8-15(17(22)24)21-18(25)20-13-16-19-9-12-23(16)11-7-14-5-3-2-4-6-14/h2-6,9,12,15H,7-8,10-11,13H2,1H3,(H2,20,21,25)/t15-/m0/s1. The van der Waals surface area contributed by atoms with Gasteiger partial charge in [0.25, 0.3) is 0 Å². The molecule has 1 aliphatic heterocycles. The van der Waals surface area contributed by atoms with Crippen molar-refractivity contribution in [2.75, 3.05) is 13.6 Å². The van der Waals surface area contributed by atoms with Gasteiger partial charge in [0.1, 0.15) is 11.9 Å². The number of urea groups is 1. The maximum absolute atomic E-state index is 12.0. The van der Waals surface area contributed by atoms with Gasteiger partial charge in [-0.05, 0) is 18.4 Å². The normalized spacial score (nSPS) is 16.9. The summed E-state index contributed by atoms with van der Waals surface area (Å²) in [4.78, 5) is 29.8. The molecule has 2 N–H and O–H groups in total. The minimum atomic E-state index is -0.428. The maximum atomic E-state index is 12.0. The second-order valence-electron chi connectivity index (χ2n) is 6.20. The largest absolute Gasteiger partial charge is 0.344 e. The molecule has 3 rings (SSSR count). The fraction of sp³-hybridized carbons (Fsp3) is 0.389. The fourth-order valence-corrected chi connectivity index (χ4v) is 2.93. The number of nitrogens with one attached hydrogen (secondary N) is 2. The van der Waals surface area contributed by atoms with Gasteiger partial charge in [-0.1, -0.05) is 30.3 Å². The first kappa shape index (κ1) is 17.0. The zero-order valence-corrected chi connectivity index (χ0v) is 14.3. The summed E-state index contributed by atoms with van der Waals surface area (Å²) in [5.41, 5.74) is 1.26. The molecule has 1 aromatic carbocycles. The first-order valence-electron chi connectivity index (χ1n) is 8.47. The minimum absolute atomic E-state index is 0.0421. The first-order valence-corrected chi connectivity index (χ1v) is 8.47. The van der Waals surface area contributed by atoms with E-state index in [4.69, 9.17) is 0 Å². The number of imidazole rings is 1. The highest BCUT2D eigenvalue weighted by atomic mass is 16.2. The molecular formula is C18H23N5O2. The number of likely N-dealkylation sites (tertiary alicyclic amines) is 1. The van der Waals surface area contributed by atoms with Crippen molar-refractivity contribution >= 4 is 11.9 Å². The van der Waals surface area contributed by atoms with Crippen molar-refractivity contribution in [3.63, 3.8) is 0 Å². The van der Waals surface area contributed by atoms with Crippen LogP contribution in [0.3, 0.4) is 0 Å². The van der Waals surface area contributed by atoms with Gasteiger partial charge < -0.3 is 20.1 Å². The summed E-state index contributed by atoms with van der Waals surface area (Å²) < 4.78 is 2.03. The van der Waals surface area contributed by atoms with Crippen LogP contribution in [0.4, 0.5) is 4.79 Å². The lowest BCUT2D eigenvalue weighted by molar-refractivity contribution is -0.128. The van der Waals surface area contributed by atoms with Gasteiger partial charge in [-0.15, -0.1) is 0 Å². The third-order valence-corrected chi connectivity index (χ3v) is 4.43. The second kappa shape index (κ2) is 7.83. The van der Waals surface area contributed by atoms with E-state index >= 15 is 0 Å². The Balaban J connectivity index is 1.48. The average molecular weight is 341 g/mol. The lowest BCUT2D eigenvalue weighted by Gasteiger charge is -2.13. The molecule has 1 atom stereocenters. The summed E-state index contributed by atoms with van der Waals surface area (Å²) >= 11 is 0. The van der Waals surface area contributed by atoms with E-state index in [2.05, 4.69) is 27.8 Å². The lowest BCUT2D eigenvalue weighted by atomic mass is 10.1. The van der Waals surface area contributed by atoms with Crippen LogP contribution in [0.15, 0.2) is 42.7 Å². The Morgan fingerprint density at radius 1 is 1.32 bits per heavy atom.